The average Bonchev–Trinajstić information content (AvgIpc) is 2.31. The van der Waals surface area contributed by atoms with Crippen molar-refractivity contribution in [1.29, 1.82) is 0 Å². The standard InChI is InChI=1S/C13H20N2O3S/c1-10-7-15(8-11(2)18-10)19(16,17)9-12-3-5-13(14)6-4-12/h3-6,10-11H,7-9,14H2,1-2H3. The molecule has 0 spiro atoms. The third kappa shape index (κ3) is 3.68. The van der Waals surface area contributed by atoms with Gasteiger partial charge in [-0.1, -0.05) is 12.1 Å². The van der Waals surface area contributed by atoms with E-state index in [1.165, 1.54) is 4.31 Å². The van der Waals surface area contributed by atoms with Crippen LogP contribution >= 0.6 is 0 Å². The monoisotopic (exact) mass is 284 g/mol. The molecule has 0 aliphatic carbocycles. The van der Waals surface area contributed by atoms with E-state index in [4.69, 9.17) is 10.5 Å². The summed E-state index contributed by atoms with van der Waals surface area (Å²) in [6.45, 7) is 4.62. The van der Waals surface area contributed by atoms with Gasteiger partial charge in [-0.15, -0.1) is 0 Å². The lowest BCUT2D eigenvalue weighted by Gasteiger charge is -2.34. The first kappa shape index (κ1) is 14.3. The van der Waals surface area contributed by atoms with Gasteiger partial charge in [0.25, 0.3) is 0 Å². The quantitative estimate of drug-likeness (QED) is 0.847. The van der Waals surface area contributed by atoms with Gasteiger partial charge in [-0.3, -0.25) is 0 Å². The molecule has 19 heavy (non-hydrogen) atoms. The molecule has 0 radical (unpaired) electrons. The highest BCUT2D eigenvalue weighted by Crippen LogP contribution is 2.18. The van der Waals surface area contributed by atoms with Gasteiger partial charge in [0.05, 0.1) is 18.0 Å². The van der Waals surface area contributed by atoms with Crippen LogP contribution < -0.4 is 5.73 Å². The Hall–Kier alpha value is -1.11. The predicted molar refractivity (Wildman–Crippen MR) is 75.1 cm³/mol. The highest BCUT2D eigenvalue weighted by Gasteiger charge is 2.30. The molecule has 0 aromatic heterocycles. The van der Waals surface area contributed by atoms with Crippen LogP contribution in [0.2, 0.25) is 0 Å². The maximum Gasteiger partial charge on any atom is 0.218 e. The van der Waals surface area contributed by atoms with E-state index in [1.54, 1.807) is 24.3 Å². The summed E-state index contributed by atoms with van der Waals surface area (Å²) in [5.41, 5.74) is 6.98. The van der Waals surface area contributed by atoms with Gasteiger partial charge in [0.15, 0.2) is 0 Å². The Morgan fingerprint density at radius 1 is 1.21 bits per heavy atom. The van der Waals surface area contributed by atoms with E-state index in [2.05, 4.69) is 0 Å². The van der Waals surface area contributed by atoms with Crippen molar-refractivity contribution in [2.45, 2.75) is 31.8 Å². The summed E-state index contributed by atoms with van der Waals surface area (Å²) >= 11 is 0. The number of nitrogens with zero attached hydrogens (tertiary/aromatic N) is 1. The molecule has 1 saturated heterocycles. The van der Waals surface area contributed by atoms with E-state index < -0.39 is 10.0 Å². The topological polar surface area (TPSA) is 72.6 Å². The summed E-state index contributed by atoms with van der Waals surface area (Å²) in [6, 6.07) is 6.94. The summed E-state index contributed by atoms with van der Waals surface area (Å²) in [6.07, 6.45) is -0.130. The molecule has 1 aliphatic rings. The lowest BCUT2D eigenvalue weighted by atomic mass is 10.2. The molecule has 2 unspecified atom stereocenters. The van der Waals surface area contributed by atoms with Crippen LogP contribution in [0.5, 0.6) is 0 Å². The molecule has 1 aromatic carbocycles. The zero-order valence-corrected chi connectivity index (χ0v) is 12.1. The number of benzene rings is 1. The smallest absolute Gasteiger partial charge is 0.218 e. The lowest BCUT2D eigenvalue weighted by molar-refractivity contribution is -0.0441. The van der Waals surface area contributed by atoms with E-state index >= 15 is 0 Å². The molecule has 1 aliphatic heterocycles. The highest BCUT2D eigenvalue weighted by atomic mass is 32.2. The summed E-state index contributed by atoms with van der Waals surface area (Å²) < 4.78 is 31.8. The molecule has 2 rings (SSSR count). The normalized spacial score (nSPS) is 25.4. The zero-order chi connectivity index (χ0) is 14.0. The molecule has 5 nitrogen and oxygen atoms in total. The minimum atomic E-state index is -3.30. The number of nitrogens with two attached hydrogens (primary N) is 1. The van der Waals surface area contributed by atoms with Crippen LogP contribution in [0, 0.1) is 0 Å². The van der Waals surface area contributed by atoms with Gasteiger partial charge >= 0.3 is 0 Å². The molecule has 106 valence electrons. The van der Waals surface area contributed by atoms with E-state index in [0.29, 0.717) is 18.8 Å². The summed E-state index contributed by atoms with van der Waals surface area (Å²) in [4.78, 5) is 0. The number of nitrogen functional groups attached to an aromatic ring is 1. The zero-order valence-electron chi connectivity index (χ0n) is 11.2. The van der Waals surface area contributed by atoms with Crippen molar-refractivity contribution in [3.8, 4) is 0 Å². The molecule has 2 N–H and O–H groups in total. The molecule has 2 atom stereocenters. The van der Waals surface area contributed by atoms with Gasteiger partial charge in [-0.25, -0.2) is 8.42 Å². The second-order valence-corrected chi connectivity index (χ2v) is 7.04. The Bertz CT molecular complexity index is 517. The van der Waals surface area contributed by atoms with Crippen LogP contribution in [0.3, 0.4) is 0 Å². The van der Waals surface area contributed by atoms with Crippen LogP contribution in [0.25, 0.3) is 0 Å². The van der Waals surface area contributed by atoms with Gasteiger partial charge in [0, 0.05) is 18.8 Å². The molecule has 1 fully saturated rings. The van der Waals surface area contributed by atoms with Crippen LogP contribution in [-0.2, 0) is 20.5 Å². The van der Waals surface area contributed by atoms with Crippen LogP contribution in [0.1, 0.15) is 19.4 Å². The number of morpholine rings is 1. The second-order valence-electron chi connectivity index (χ2n) is 5.07. The van der Waals surface area contributed by atoms with Gasteiger partial charge in [-0.05, 0) is 31.5 Å². The number of anilines is 1. The Labute approximate surface area is 114 Å². The largest absolute Gasteiger partial charge is 0.399 e. The maximum absolute atomic E-state index is 12.4. The maximum atomic E-state index is 12.4. The van der Waals surface area contributed by atoms with E-state index in [-0.39, 0.29) is 18.0 Å². The van der Waals surface area contributed by atoms with Gasteiger partial charge in [0.2, 0.25) is 10.0 Å². The SMILES string of the molecule is CC1CN(S(=O)(=O)Cc2ccc(N)cc2)CC(C)O1. The number of hydrogen-bond donors (Lipinski definition) is 1. The van der Waals surface area contributed by atoms with Gasteiger partial charge < -0.3 is 10.5 Å². The van der Waals surface area contributed by atoms with Crippen molar-refractivity contribution < 1.29 is 13.2 Å². The molecule has 1 aromatic rings. The Kier molecular flexibility index (Phi) is 4.13. The molecule has 0 bridgehead atoms. The third-order valence-electron chi connectivity index (χ3n) is 3.11. The number of sulfonamides is 1. The summed E-state index contributed by atoms with van der Waals surface area (Å²) in [5, 5.41) is 0. The summed E-state index contributed by atoms with van der Waals surface area (Å²) in [5.74, 6) is 0.00667. The van der Waals surface area contributed by atoms with E-state index in [0.717, 1.165) is 5.56 Å². The number of ether oxygens (including phenoxy) is 1. The van der Waals surface area contributed by atoms with Crippen molar-refractivity contribution in [2.24, 2.45) is 0 Å². The van der Waals surface area contributed by atoms with Crippen LogP contribution in [0.4, 0.5) is 5.69 Å². The van der Waals surface area contributed by atoms with Crippen LogP contribution in [0.15, 0.2) is 24.3 Å². The molecule has 1 heterocycles. The van der Waals surface area contributed by atoms with Gasteiger partial charge in [0.1, 0.15) is 0 Å². The minimum Gasteiger partial charge on any atom is -0.399 e. The fourth-order valence-electron chi connectivity index (χ4n) is 2.27. The minimum absolute atomic E-state index is 0.00667. The van der Waals surface area contributed by atoms with Crippen molar-refractivity contribution in [2.75, 3.05) is 18.8 Å². The van der Waals surface area contributed by atoms with Crippen molar-refractivity contribution in [3.63, 3.8) is 0 Å². The first-order valence-electron chi connectivity index (χ1n) is 6.34. The summed E-state index contributed by atoms with van der Waals surface area (Å²) in [7, 11) is -3.30. The first-order chi connectivity index (χ1) is 8.87. The lowest BCUT2D eigenvalue weighted by Crippen LogP contribution is -2.48. The first-order valence-corrected chi connectivity index (χ1v) is 7.95. The highest BCUT2D eigenvalue weighted by molar-refractivity contribution is 7.88. The average molecular weight is 284 g/mol. The molecule has 6 heteroatoms. The molecule has 0 saturated carbocycles. The Morgan fingerprint density at radius 3 is 2.26 bits per heavy atom. The number of hydrogen-bond acceptors (Lipinski definition) is 4. The Balaban J connectivity index is 2.11. The fraction of sp³-hybridized carbons (Fsp3) is 0.538. The van der Waals surface area contributed by atoms with E-state index in [9.17, 15) is 8.42 Å². The van der Waals surface area contributed by atoms with Gasteiger partial charge in [-0.2, -0.15) is 4.31 Å². The number of rotatable bonds is 3. The Morgan fingerprint density at radius 2 is 1.74 bits per heavy atom. The predicted octanol–water partition coefficient (Wildman–Crippen LogP) is 1.21. The van der Waals surface area contributed by atoms with Crippen molar-refractivity contribution in [1.82, 2.24) is 4.31 Å². The molecule has 0 amide bonds. The van der Waals surface area contributed by atoms with Crippen LogP contribution in [-0.4, -0.2) is 38.0 Å². The molecular formula is C13H20N2O3S. The van der Waals surface area contributed by atoms with E-state index in [1.807, 2.05) is 13.8 Å². The van der Waals surface area contributed by atoms with Crippen molar-refractivity contribution in [3.05, 3.63) is 29.8 Å². The fourth-order valence-corrected chi connectivity index (χ4v) is 3.94. The molecular weight excluding hydrogens is 264 g/mol. The second kappa shape index (κ2) is 5.48. The third-order valence-corrected chi connectivity index (χ3v) is 4.89. The van der Waals surface area contributed by atoms with Crippen molar-refractivity contribution >= 4 is 15.7 Å².